The van der Waals surface area contributed by atoms with Crippen molar-refractivity contribution in [1.29, 1.82) is 0 Å². The van der Waals surface area contributed by atoms with Gasteiger partial charge in [0.2, 0.25) is 0 Å². The van der Waals surface area contributed by atoms with E-state index in [0.29, 0.717) is 6.04 Å². The zero-order valence-corrected chi connectivity index (χ0v) is 10.9. The summed E-state index contributed by atoms with van der Waals surface area (Å²) in [5.74, 6) is 1.15. The van der Waals surface area contributed by atoms with E-state index in [9.17, 15) is 0 Å². The molecule has 1 aliphatic rings. The number of aryl methyl sites for hydroxylation is 2. The molecule has 2 aromatic rings. The van der Waals surface area contributed by atoms with Crippen LogP contribution in [0, 0.1) is 0 Å². The Hall–Kier alpha value is -1.42. The molecule has 1 unspecified atom stereocenters. The van der Waals surface area contributed by atoms with Crippen LogP contribution < -0.4 is 5.32 Å². The maximum Gasteiger partial charge on any atom is 0.177 e. The van der Waals surface area contributed by atoms with Crippen molar-refractivity contribution in [2.45, 2.75) is 38.1 Å². The minimum Gasteiger partial charge on any atom is -0.330 e. The maximum atomic E-state index is 4.62. The van der Waals surface area contributed by atoms with Crippen LogP contribution in [0.2, 0.25) is 0 Å². The highest BCUT2D eigenvalue weighted by molar-refractivity contribution is 5.71. The number of pyridine rings is 1. The zero-order chi connectivity index (χ0) is 12.4. The van der Waals surface area contributed by atoms with Crippen molar-refractivity contribution in [2.24, 2.45) is 7.05 Å². The molecule has 4 nitrogen and oxygen atoms in total. The second-order valence-electron chi connectivity index (χ2n) is 5.12. The van der Waals surface area contributed by atoms with Gasteiger partial charge < -0.3 is 9.88 Å². The molecule has 0 amide bonds. The Morgan fingerprint density at radius 3 is 3.17 bits per heavy atom. The zero-order valence-electron chi connectivity index (χ0n) is 10.9. The second-order valence-corrected chi connectivity index (χ2v) is 5.12. The molecule has 0 saturated carbocycles. The summed E-state index contributed by atoms with van der Waals surface area (Å²) in [6.45, 7) is 1.18. The molecule has 18 heavy (non-hydrogen) atoms. The van der Waals surface area contributed by atoms with Crippen LogP contribution in [0.25, 0.3) is 11.2 Å². The van der Waals surface area contributed by atoms with E-state index in [2.05, 4.69) is 33.0 Å². The fourth-order valence-corrected chi connectivity index (χ4v) is 2.77. The Labute approximate surface area is 107 Å². The van der Waals surface area contributed by atoms with E-state index in [0.717, 1.165) is 23.4 Å². The smallest absolute Gasteiger partial charge is 0.177 e. The van der Waals surface area contributed by atoms with Gasteiger partial charge in [-0.25, -0.2) is 9.97 Å². The van der Waals surface area contributed by atoms with Gasteiger partial charge in [-0.3, -0.25) is 0 Å². The van der Waals surface area contributed by atoms with Gasteiger partial charge in [-0.15, -0.1) is 0 Å². The van der Waals surface area contributed by atoms with Gasteiger partial charge in [0.1, 0.15) is 5.82 Å². The third kappa shape index (κ3) is 2.25. The van der Waals surface area contributed by atoms with Crippen LogP contribution in [0.4, 0.5) is 0 Å². The van der Waals surface area contributed by atoms with Crippen molar-refractivity contribution in [2.75, 3.05) is 6.54 Å². The lowest BCUT2D eigenvalue weighted by atomic mass is 10.0. The van der Waals surface area contributed by atoms with Crippen LogP contribution in [-0.4, -0.2) is 27.1 Å². The van der Waals surface area contributed by atoms with Crippen LogP contribution in [0.15, 0.2) is 18.3 Å². The summed E-state index contributed by atoms with van der Waals surface area (Å²) in [7, 11) is 2.08. The topological polar surface area (TPSA) is 42.7 Å². The van der Waals surface area contributed by atoms with Gasteiger partial charge in [0.05, 0.1) is 5.52 Å². The quantitative estimate of drug-likeness (QED) is 0.898. The van der Waals surface area contributed by atoms with E-state index in [4.69, 9.17) is 0 Å². The molecule has 1 fully saturated rings. The molecule has 1 N–H and O–H groups in total. The molecule has 3 rings (SSSR count). The average Bonchev–Trinajstić information content (AvgIpc) is 2.75. The monoisotopic (exact) mass is 244 g/mol. The highest BCUT2D eigenvalue weighted by Crippen LogP contribution is 2.16. The Balaban J connectivity index is 1.72. The molecule has 0 aromatic carbocycles. The van der Waals surface area contributed by atoms with Gasteiger partial charge in [-0.2, -0.15) is 0 Å². The Morgan fingerprint density at radius 1 is 1.44 bits per heavy atom. The first-order valence-corrected chi connectivity index (χ1v) is 6.84. The van der Waals surface area contributed by atoms with E-state index in [-0.39, 0.29) is 0 Å². The number of hydrogen-bond acceptors (Lipinski definition) is 3. The van der Waals surface area contributed by atoms with Crippen molar-refractivity contribution in [3.05, 3.63) is 24.2 Å². The van der Waals surface area contributed by atoms with Crippen LogP contribution in [0.3, 0.4) is 0 Å². The molecule has 2 aromatic heterocycles. The van der Waals surface area contributed by atoms with Gasteiger partial charge in [0.15, 0.2) is 5.65 Å². The van der Waals surface area contributed by atoms with E-state index in [1.165, 1.54) is 32.2 Å². The van der Waals surface area contributed by atoms with Crippen molar-refractivity contribution in [1.82, 2.24) is 19.9 Å². The lowest BCUT2D eigenvalue weighted by Gasteiger charge is -2.23. The molecule has 0 aliphatic carbocycles. The molecule has 0 bridgehead atoms. The lowest BCUT2D eigenvalue weighted by Crippen LogP contribution is -2.34. The molecule has 4 heteroatoms. The third-order valence-corrected chi connectivity index (χ3v) is 3.88. The van der Waals surface area contributed by atoms with Crippen LogP contribution in [0.1, 0.15) is 31.5 Å². The highest BCUT2D eigenvalue weighted by Gasteiger charge is 2.14. The lowest BCUT2D eigenvalue weighted by molar-refractivity contribution is 0.380. The van der Waals surface area contributed by atoms with Crippen LogP contribution in [0.5, 0.6) is 0 Å². The number of rotatable bonds is 3. The first-order valence-electron chi connectivity index (χ1n) is 6.84. The average molecular weight is 244 g/mol. The normalized spacial score (nSPS) is 20.4. The second kappa shape index (κ2) is 5.06. The number of nitrogens with zero attached hydrogens (tertiary/aromatic N) is 3. The van der Waals surface area contributed by atoms with Crippen molar-refractivity contribution >= 4 is 11.2 Å². The molecular weight excluding hydrogens is 224 g/mol. The first-order chi connectivity index (χ1) is 8.84. The summed E-state index contributed by atoms with van der Waals surface area (Å²) in [5, 5.41) is 3.59. The van der Waals surface area contributed by atoms with Crippen LogP contribution >= 0.6 is 0 Å². The summed E-state index contributed by atoms with van der Waals surface area (Å²) in [4.78, 5) is 8.93. The largest absolute Gasteiger partial charge is 0.330 e. The number of nitrogens with one attached hydrogen (secondary N) is 1. The summed E-state index contributed by atoms with van der Waals surface area (Å²) >= 11 is 0. The molecular formula is C14H20N4. The first kappa shape index (κ1) is 11.7. The number of aromatic nitrogens is 3. The minimum absolute atomic E-state index is 0.673. The number of piperidine rings is 1. The van der Waals surface area contributed by atoms with Crippen molar-refractivity contribution in [3.8, 4) is 0 Å². The summed E-state index contributed by atoms with van der Waals surface area (Å²) < 4.78 is 2.17. The molecule has 1 atom stereocenters. The number of hydrogen-bond donors (Lipinski definition) is 1. The van der Waals surface area contributed by atoms with Gasteiger partial charge in [0, 0.05) is 25.7 Å². The van der Waals surface area contributed by atoms with Gasteiger partial charge >= 0.3 is 0 Å². The SMILES string of the molecule is Cn1c(CCC2CCCCN2)nc2ncccc21. The predicted molar refractivity (Wildman–Crippen MR) is 72.5 cm³/mol. The van der Waals surface area contributed by atoms with E-state index in [1.807, 2.05) is 12.3 Å². The van der Waals surface area contributed by atoms with E-state index in [1.54, 1.807) is 0 Å². The molecule has 1 saturated heterocycles. The Bertz CT molecular complexity index is 526. The van der Waals surface area contributed by atoms with E-state index >= 15 is 0 Å². The van der Waals surface area contributed by atoms with Gasteiger partial charge in [-0.05, 0) is 37.9 Å². The molecule has 3 heterocycles. The Morgan fingerprint density at radius 2 is 2.39 bits per heavy atom. The summed E-state index contributed by atoms with van der Waals surface area (Å²) in [6.07, 6.45) is 8.01. The van der Waals surface area contributed by atoms with Gasteiger partial charge in [-0.1, -0.05) is 6.42 Å². The number of imidazole rings is 1. The van der Waals surface area contributed by atoms with Gasteiger partial charge in [0.25, 0.3) is 0 Å². The molecule has 0 spiro atoms. The minimum atomic E-state index is 0.673. The fraction of sp³-hybridized carbons (Fsp3) is 0.571. The fourth-order valence-electron chi connectivity index (χ4n) is 2.77. The number of fused-ring (bicyclic) bond motifs is 1. The maximum absolute atomic E-state index is 4.62. The van der Waals surface area contributed by atoms with Crippen molar-refractivity contribution < 1.29 is 0 Å². The highest BCUT2D eigenvalue weighted by atomic mass is 15.1. The summed E-state index contributed by atoms with van der Waals surface area (Å²) in [6, 6.07) is 4.72. The summed E-state index contributed by atoms with van der Waals surface area (Å²) in [5.41, 5.74) is 2.00. The van der Waals surface area contributed by atoms with Crippen LogP contribution in [-0.2, 0) is 13.5 Å². The Kier molecular flexibility index (Phi) is 3.28. The molecule has 0 radical (unpaired) electrons. The predicted octanol–water partition coefficient (Wildman–Crippen LogP) is 2.04. The van der Waals surface area contributed by atoms with Crippen molar-refractivity contribution in [3.63, 3.8) is 0 Å². The molecule has 96 valence electrons. The van der Waals surface area contributed by atoms with E-state index < -0.39 is 0 Å². The standard InChI is InChI=1S/C14H20N4/c1-18-12-6-4-10-16-14(12)17-13(18)8-7-11-5-2-3-9-15-11/h4,6,10-11,15H,2-3,5,7-9H2,1H3. The third-order valence-electron chi connectivity index (χ3n) is 3.88. The molecule has 1 aliphatic heterocycles.